The molecule has 0 aliphatic rings. The molecule has 1 heteroatoms. The number of carbonyl (C=O) groups excluding carboxylic acids is 1. The molecule has 20 heavy (non-hydrogen) atoms. The Balaban J connectivity index is -0.000000155. The summed E-state index contributed by atoms with van der Waals surface area (Å²) < 4.78 is 0. The van der Waals surface area contributed by atoms with Gasteiger partial charge in [-0.15, -0.1) is 6.58 Å². The quantitative estimate of drug-likeness (QED) is 0.330. The largest absolute Gasteiger partial charge is 0.289 e. The van der Waals surface area contributed by atoms with Gasteiger partial charge in [0.1, 0.15) is 0 Å². The minimum atomic E-state index is -0.142. The van der Waals surface area contributed by atoms with E-state index in [-0.39, 0.29) is 5.78 Å². The molecule has 0 aromatic rings. The molecule has 0 saturated carbocycles. The molecule has 114 valence electrons. The Kier molecular flexibility index (Phi) is 34.4. The number of hydrogen-bond donors (Lipinski definition) is 0. The van der Waals surface area contributed by atoms with Gasteiger partial charge in [0, 0.05) is 11.1 Å². The highest BCUT2D eigenvalue weighted by Gasteiger charge is 2.04. The Morgan fingerprint density at radius 2 is 1.20 bits per heavy atom. The standard InChI is InChI=1S/C12H14O.C3H6.2C2H6/c1-5-7-9-11(4)12(13)10(3)8-6-2;1-3-2;2*1-2/h5-9H,1,3-4H2,2H3;3H,1H2,2H3;2*1-2H3/b8-6-,9-7-;;;. The normalized spacial score (nSPS) is 8.10. The topological polar surface area (TPSA) is 17.1 Å². The van der Waals surface area contributed by atoms with Crippen LogP contribution in [0.3, 0.4) is 0 Å². The summed E-state index contributed by atoms with van der Waals surface area (Å²) in [5.41, 5.74) is 0.865. The van der Waals surface area contributed by atoms with E-state index in [0.29, 0.717) is 11.1 Å². The van der Waals surface area contributed by atoms with Crippen LogP contribution in [0.15, 0.2) is 73.9 Å². The predicted molar refractivity (Wildman–Crippen MR) is 96.0 cm³/mol. The maximum atomic E-state index is 11.4. The average molecular weight is 276 g/mol. The van der Waals surface area contributed by atoms with E-state index in [2.05, 4.69) is 26.3 Å². The van der Waals surface area contributed by atoms with E-state index in [1.54, 1.807) is 36.5 Å². The molecular weight excluding hydrogens is 244 g/mol. The molecule has 0 aromatic heterocycles. The SMILES string of the molecule is C=C/C=C\C(=C)C(=O)C(=C)/C=C\C.C=CC.CC.CC. The lowest BCUT2D eigenvalue weighted by Gasteiger charge is -1.97. The monoisotopic (exact) mass is 276 g/mol. The Morgan fingerprint density at radius 1 is 0.850 bits per heavy atom. The molecule has 0 fully saturated rings. The second-order valence-electron chi connectivity index (χ2n) is 2.88. The number of allylic oxidation sites excluding steroid dienone is 8. The first kappa shape index (κ1) is 26.6. The summed E-state index contributed by atoms with van der Waals surface area (Å²) in [4.78, 5) is 11.4. The molecule has 0 radical (unpaired) electrons. The number of hydrogen-bond acceptors (Lipinski definition) is 1. The average Bonchev–Trinajstić information content (AvgIpc) is 2.49. The predicted octanol–water partition coefficient (Wildman–Crippen LogP) is 6.23. The van der Waals surface area contributed by atoms with Crippen molar-refractivity contribution >= 4 is 5.78 Å². The molecule has 0 spiro atoms. The van der Waals surface area contributed by atoms with E-state index in [0.717, 1.165) is 0 Å². The van der Waals surface area contributed by atoms with Crippen LogP contribution >= 0.6 is 0 Å². The fraction of sp³-hybridized carbons (Fsp3) is 0.316. The zero-order valence-corrected chi connectivity index (χ0v) is 14.2. The second kappa shape index (κ2) is 25.8. The molecule has 0 bridgehead atoms. The lowest BCUT2D eigenvalue weighted by atomic mass is 10.1. The van der Waals surface area contributed by atoms with Gasteiger partial charge in [0.15, 0.2) is 5.78 Å². The molecule has 0 amide bonds. The van der Waals surface area contributed by atoms with Crippen LogP contribution in [0.25, 0.3) is 0 Å². The number of Topliss-reactive ketones (excluding diaryl/α,β-unsaturated/α-hetero) is 1. The molecular formula is C19H32O. The van der Waals surface area contributed by atoms with Crippen LogP contribution in [0.5, 0.6) is 0 Å². The summed E-state index contributed by atoms with van der Waals surface area (Å²) in [6.07, 6.45) is 10.1. The second-order valence-corrected chi connectivity index (χ2v) is 2.88. The van der Waals surface area contributed by atoms with Crippen LogP contribution in [0, 0.1) is 0 Å². The molecule has 0 N–H and O–H groups in total. The minimum absolute atomic E-state index is 0.142. The van der Waals surface area contributed by atoms with Crippen LogP contribution in [-0.2, 0) is 4.79 Å². The first-order valence-corrected chi connectivity index (χ1v) is 6.96. The first-order valence-electron chi connectivity index (χ1n) is 6.96. The molecule has 0 aromatic carbocycles. The van der Waals surface area contributed by atoms with E-state index in [4.69, 9.17) is 0 Å². The maximum absolute atomic E-state index is 11.4. The van der Waals surface area contributed by atoms with E-state index >= 15 is 0 Å². The van der Waals surface area contributed by atoms with Crippen LogP contribution in [0.1, 0.15) is 41.5 Å². The Bertz CT molecular complexity index is 328. The van der Waals surface area contributed by atoms with Gasteiger partial charge in [-0.3, -0.25) is 4.79 Å². The van der Waals surface area contributed by atoms with Crippen LogP contribution in [0.4, 0.5) is 0 Å². The van der Waals surface area contributed by atoms with Crippen molar-refractivity contribution in [3.05, 3.63) is 73.9 Å². The van der Waals surface area contributed by atoms with E-state index < -0.39 is 0 Å². The lowest BCUT2D eigenvalue weighted by molar-refractivity contribution is -0.111. The third-order valence-corrected chi connectivity index (χ3v) is 1.38. The van der Waals surface area contributed by atoms with Crippen molar-refractivity contribution in [3.8, 4) is 0 Å². The van der Waals surface area contributed by atoms with E-state index in [1.807, 2.05) is 41.5 Å². The van der Waals surface area contributed by atoms with Gasteiger partial charge >= 0.3 is 0 Å². The van der Waals surface area contributed by atoms with Crippen molar-refractivity contribution in [2.45, 2.75) is 41.5 Å². The van der Waals surface area contributed by atoms with Gasteiger partial charge in [0.2, 0.25) is 0 Å². The van der Waals surface area contributed by atoms with Gasteiger partial charge in [0.05, 0.1) is 0 Å². The molecule has 0 aliphatic carbocycles. The Hall–Kier alpha value is -1.89. The third kappa shape index (κ3) is 21.4. The number of carbonyl (C=O) groups is 1. The number of rotatable bonds is 5. The molecule has 0 heterocycles. The van der Waals surface area contributed by atoms with Crippen molar-refractivity contribution in [3.63, 3.8) is 0 Å². The van der Waals surface area contributed by atoms with Gasteiger partial charge < -0.3 is 0 Å². The summed E-state index contributed by atoms with van der Waals surface area (Å²) in [7, 11) is 0. The molecule has 0 atom stereocenters. The van der Waals surface area contributed by atoms with Gasteiger partial charge in [-0.1, -0.05) is 83.9 Å². The fourth-order valence-corrected chi connectivity index (χ4v) is 0.743. The zero-order chi connectivity index (χ0) is 17.0. The first-order chi connectivity index (χ1) is 9.54. The fourth-order valence-electron chi connectivity index (χ4n) is 0.743. The third-order valence-electron chi connectivity index (χ3n) is 1.38. The van der Waals surface area contributed by atoms with Crippen molar-refractivity contribution in [2.75, 3.05) is 0 Å². The Labute approximate surface area is 126 Å². The summed E-state index contributed by atoms with van der Waals surface area (Å²) in [5, 5.41) is 0. The molecule has 0 rings (SSSR count). The van der Waals surface area contributed by atoms with Crippen LogP contribution < -0.4 is 0 Å². The summed E-state index contributed by atoms with van der Waals surface area (Å²) in [6.45, 7) is 25.8. The van der Waals surface area contributed by atoms with Gasteiger partial charge in [-0.25, -0.2) is 0 Å². The van der Waals surface area contributed by atoms with Crippen molar-refractivity contribution in [1.29, 1.82) is 0 Å². The smallest absolute Gasteiger partial charge is 0.191 e. The highest BCUT2D eigenvalue weighted by atomic mass is 16.1. The highest BCUT2D eigenvalue weighted by Crippen LogP contribution is 2.05. The highest BCUT2D eigenvalue weighted by molar-refractivity contribution is 6.11. The molecule has 1 nitrogen and oxygen atoms in total. The summed E-state index contributed by atoms with van der Waals surface area (Å²) >= 11 is 0. The van der Waals surface area contributed by atoms with Gasteiger partial charge in [0.25, 0.3) is 0 Å². The van der Waals surface area contributed by atoms with Crippen molar-refractivity contribution in [1.82, 2.24) is 0 Å². The Morgan fingerprint density at radius 3 is 1.50 bits per heavy atom. The van der Waals surface area contributed by atoms with Crippen LogP contribution in [-0.4, -0.2) is 5.78 Å². The van der Waals surface area contributed by atoms with Crippen molar-refractivity contribution < 1.29 is 4.79 Å². The van der Waals surface area contributed by atoms with Gasteiger partial charge in [-0.05, 0) is 13.8 Å². The molecule has 0 unspecified atom stereocenters. The molecule has 0 saturated heterocycles. The molecule has 0 aliphatic heterocycles. The van der Waals surface area contributed by atoms with E-state index in [9.17, 15) is 4.79 Å². The zero-order valence-electron chi connectivity index (χ0n) is 14.2. The minimum Gasteiger partial charge on any atom is -0.289 e. The van der Waals surface area contributed by atoms with Crippen molar-refractivity contribution in [2.24, 2.45) is 0 Å². The summed E-state index contributed by atoms with van der Waals surface area (Å²) in [5.74, 6) is -0.142. The maximum Gasteiger partial charge on any atom is 0.191 e. The van der Waals surface area contributed by atoms with Crippen LogP contribution in [0.2, 0.25) is 0 Å². The summed E-state index contributed by atoms with van der Waals surface area (Å²) in [6, 6.07) is 0. The lowest BCUT2D eigenvalue weighted by Crippen LogP contribution is -2.00. The number of ketones is 1. The van der Waals surface area contributed by atoms with Gasteiger partial charge in [-0.2, -0.15) is 0 Å². The van der Waals surface area contributed by atoms with E-state index in [1.165, 1.54) is 0 Å².